The van der Waals surface area contributed by atoms with Crippen LogP contribution in [-0.4, -0.2) is 29.0 Å². The van der Waals surface area contributed by atoms with Crippen molar-refractivity contribution in [2.45, 2.75) is 32.2 Å². The first-order chi connectivity index (χ1) is 8.34. The Bertz CT molecular complexity index is 330. The van der Waals surface area contributed by atoms with Crippen LogP contribution in [0.4, 0.5) is 0 Å². The first-order valence-electron chi connectivity index (χ1n) is 6.30. The predicted octanol–water partition coefficient (Wildman–Crippen LogP) is 0.806. The van der Waals surface area contributed by atoms with E-state index < -0.39 is 0 Å². The van der Waals surface area contributed by atoms with Gasteiger partial charge >= 0.3 is 0 Å². The molecule has 1 amide bonds. The molecule has 0 bridgehead atoms. The number of imidazole rings is 1. The lowest BCUT2D eigenvalue weighted by atomic mass is 9.93. The molecule has 1 saturated heterocycles. The van der Waals surface area contributed by atoms with E-state index in [0.29, 0.717) is 18.9 Å². The number of carbonyl (C=O) groups is 1. The van der Waals surface area contributed by atoms with E-state index in [1.807, 2.05) is 0 Å². The molecule has 94 valence electrons. The standard InChI is InChI=1S/C12H20N4O/c17-12(16-9-11-14-7-8-15-11)2-1-10-3-5-13-6-4-10/h7-8,10,13H,1-6,9H2,(H,14,15)(H,16,17). The fraction of sp³-hybridized carbons (Fsp3) is 0.667. The van der Waals surface area contributed by atoms with Crippen molar-refractivity contribution in [3.63, 3.8) is 0 Å². The van der Waals surface area contributed by atoms with Crippen LogP contribution in [0.15, 0.2) is 12.4 Å². The van der Waals surface area contributed by atoms with E-state index in [2.05, 4.69) is 20.6 Å². The fourth-order valence-corrected chi connectivity index (χ4v) is 2.17. The van der Waals surface area contributed by atoms with Crippen LogP contribution in [-0.2, 0) is 11.3 Å². The van der Waals surface area contributed by atoms with Crippen LogP contribution in [0, 0.1) is 5.92 Å². The summed E-state index contributed by atoms with van der Waals surface area (Å²) < 4.78 is 0. The van der Waals surface area contributed by atoms with Gasteiger partial charge in [0.15, 0.2) is 0 Å². The Hall–Kier alpha value is -1.36. The van der Waals surface area contributed by atoms with E-state index >= 15 is 0 Å². The maximum atomic E-state index is 11.6. The molecule has 1 aromatic rings. The Morgan fingerprint density at radius 1 is 1.47 bits per heavy atom. The van der Waals surface area contributed by atoms with Crippen molar-refractivity contribution >= 4 is 5.91 Å². The largest absolute Gasteiger partial charge is 0.349 e. The number of piperidine rings is 1. The van der Waals surface area contributed by atoms with Crippen molar-refractivity contribution in [1.29, 1.82) is 0 Å². The number of H-pyrrole nitrogens is 1. The van der Waals surface area contributed by atoms with E-state index in [-0.39, 0.29) is 5.91 Å². The summed E-state index contributed by atoms with van der Waals surface area (Å²) in [5.41, 5.74) is 0. The number of hydrogen-bond donors (Lipinski definition) is 3. The molecular formula is C12H20N4O. The molecule has 0 unspecified atom stereocenters. The summed E-state index contributed by atoms with van der Waals surface area (Å²) in [5.74, 6) is 1.64. The molecule has 0 aliphatic carbocycles. The van der Waals surface area contributed by atoms with Gasteiger partial charge in [-0.25, -0.2) is 4.98 Å². The summed E-state index contributed by atoms with van der Waals surface area (Å²) in [5, 5.41) is 6.21. The molecule has 17 heavy (non-hydrogen) atoms. The van der Waals surface area contributed by atoms with Gasteiger partial charge in [0.05, 0.1) is 6.54 Å². The lowest BCUT2D eigenvalue weighted by Crippen LogP contribution is -2.29. The van der Waals surface area contributed by atoms with Gasteiger partial charge in [-0.3, -0.25) is 4.79 Å². The van der Waals surface area contributed by atoms with Crippen molar-refractivity contribution in [2.24, 2.45) is 5.92 Å². The van der Waals surface area contributed by atoms with Gasteiger partial charge in [0.25, 0.3) is 0 Å². The molecule has 0 spiro atoms. The molecule has 3 N–H and O–H groups in total. The van der Waals surface area contributed by atoms with Crippen molar-refractivity contribution < 1.29 is 4.79 Å². The highest BCUT2D eigenvalue weighted by molar-refractivity contribution is 5.75. The van der Waals surface area contributed by atoms with Crippen LogP contribution in [0.3, 0.4) is 0 Å². The topological polar surface area (TPSA) is 69.8 Å². The van der Waals surface area contributed by atoms with E-state index in [0.717, 1.165) is 25.3 Å². The highest BCUT2D eigenvalue weighted by Crippen LogP contribution is 2.17. The molecule has 0 atom stereocenters. The van der Waals surface area contributed by atoms with Crippen LogP contribution >= 0.6 is 0 Å². The summed E-state index contributed by atoms with van der Waals surface area (Å²) in [4.78, 5) is 18.6. The second-order valence-corrected chi connectivity index (χ2v) is 4.54. The van der Waals surface area contributed by atoms with Crippen molar-refractivity contribution in [2.75, 3.05) is 13.1 Å². The molecule has 1 fully saturated rings. The number of hydrogen-bond acceptors (Lipinski definition) is 3. The number of rotatable bonds is 5. The molecule has 1 aliphatic rings. The summed E-state index contributed by atoms with van der Waals surface area (Å²) >= 11 is 0. The minimum atomic E-state index is 0.125. The van der Waals surface area contributed by atoms with Crippen molar-refractivity contribution in [3.8, 4) is 0 Å². The number of nitrogens with zero attached hydrogens (tertiary/aromatic N) is 1. The quantitative estimate of drug-likeness (QED) is 0.708. The van der Waals surface area contributed by atoms with E-state index in [9.17, 15) is 4.79 Å². The van der Waals surface area contributed by atoms with Gasteiger partial charge in [-0.15, -0.1) is 0 Å². The van der Waals surface area contributed by atoms with Crippen LogP contribution in [0.25, 0.3) is 0 Å². The zero-order valence-corrected chi connectivity index (χ0v) is 10.0. The van der Waals surface area contributed by atoms with Crippen molar-refractivity contribution in [3.05, 3.63) is 18.2 Å². The maximum absolute atomic E-state index is 11.6. The van der Waals surface area contributed by atoms with Crippen LogP contribution in [0.5, 0.6) is 0 Å². The lowest BCUT2D eigenvalue weighted by Gasteiger charge is -2.22. The molecule has 1 aliphatic heterocycles. The zero-order valence-electron chi connectivity index (χ0n) is 10.0. The van der Waals surface area contributed by atoms with Gasteiger partial charge in [0.1, 0.15) is 5.82 Å². The maximum Gasteiger partial charge on any atom is 0.220 e. The Morgan fingerprint density at radius 2 is 2.29 bits per heavy atom. The Morgan fingerprint density at radius 3 is 3.00 bits per heavy atom. The number of amides is 1. The lowest BCUT2D eigenvalue weighted by molar-refractivity contribution is -0.121. The molecule has 2 heterocycles. The third kappa shape index (κ3) is 4.19. The number of nitrogens with one attached hydrogen (secondary N) is 3. The fourth-order valence-electron chi connectivity index (χ4n) is 2.17. The minimum Gasteiger partial charge on any atom is -0.349 e. The summed E-state index contributed by atoms with van der Waals surface area (Å²) in [6.45, 7) is 2.69. The molecule has 5 nitrogen and oxygen atoms in total. The highest BCUT2D eigenvalue weighted by Gasteiger charge is 2.14. The number of carbonyl (C=O) groups excluding carboxylic acids is 1. The Balaban J connectivity index is 1.60. The monoisotopic (exact) mass is 236 g/mol. The summed E-state index contributed by atoms with van der Waals surface area (Å²) in [7, 11) is 0. The second kappa shape index (κ2) is 6.39. The number of aromatic nitrogens is 2. The minimum absolute atomic E-state index is 0.125. The van der Waals surface area contributed by atoms with Crippen LogP contribution < -0.4 is 10.6 Å². The Kier molecular flexibility index (Phi) is 4.55. The Labute approximate surface area is 101 Å². The first kappa shape index (κ1) is 12.1. The zero-order chi connectivity index (χ0) is 11.9. The SMILES string of the molecule is O=C(CCC1CCNCC1)NCc1ncc[nH]1. The third-order valence-corrected chi connectivity index (χ3v) is 3.25. The van der Waals surface area contributed by atoms with Gasteiger partial charge in [0, 0.05) is 18.8 Å². The van der Waals surface area contributed by atoms with Crippen LogP contribution in [0.1, 0.15) is 31.5 Å². The predicted molar refractivity (Wildman–Crippen MR) is 65.3 cm³/mol. The van der Waals surface area contributed by atoms with Gasteiger partial charge in [-0.05, 0) is 38.3 Å². The smallest absolute Gasteiger partial charge is 0.220 e. The van der Waals surface area contributed by atoms with E-state index in [4.69, 9.17) is 0 Å². The average Bonchev–Trinajstić information content (AvgIpc) is 2.88. The van der Waals surface area contributed by atoms with E-state index in [1.165, 1.54) is 12.8 Å². The van der Waals surface area contributed by atoms with Crippen molar-refractivity contribution in [1.82, 2.24) is 20.6 Å². The second-order valence-electron chi connectivity index (χ2n) is 4.54. The van der Waals surface area contributed by atoms with Gasteiger partial charge < -0.3 is 15.6 Å². The molecule has 0 radical (unpaired) electrons. The average molecular weight is 236 g/mol. The van der Waals surface area contributed by atoms with Gasteiger partial charge in [-0.2, -0.15) is 0 Å². The summed E-state index contributed by atoms with van der Waals surface area (Å²) in [6, 6.07) is 0. The molecule has 1 aromatic heterocycles. The van der Waals surface area contributed by atoms with Gasteiger partial charge in [-0.1, -0.05) is 0 Å². The third-order valence-electron chi connectivity index (χ3n) is 3.25. The molecule has 0 saturated carbocycles. The molecule has 2 rings (SSSR count). The molecule has 0 aromatic carbocycles. The van der Waals surface area contributed by atoms with Crippen LogP contribution in [0.2, 0.25) is 0 Å². The van der Waals surface area contributed by atoms with E-state index in [1.54, 1.807) is 12.4 Å². The molecule has 5 heteroatoms. The molecular weight excluding hydrogens is 216 g/mol. The summed E-state index contributed by atoms with van der Waals surface area (Å²) in [6.07, 6.45) is 7.49. The number of aromatic amines is 1. The highest BCUT2D eigenvalue weighted by atomic mass is 16.1. The van der Waals surface area contributed by atoms with Gasteiger partial charge in [0.2, 0.25) is 5.91 Å². The first-order valence-corrected chi connectivity index (χ1v) is 6.30. The normalized spacial score (nSPS) is 16.9.